The summed E-state index contributed by atoms with van der Waals surface area (Å²) in [7, 11) is 0. The molecule has 2 aromatic carbocycles. The van der Waals surface area contributed by atoms with Gasteiger partial charge in [-0.25, -0.2) is 10.2 Å². The molecule has 2 heterocycles. The molecule has 0 saturated carbocycles. The number of aliphatic hydroxyl groups excluding tert-OH is 1. The topological polar surface area (TPSA) is 107 Å². The number of nitrogens with one attached hydrogen (secondary N) is 3. The molecule has 0 bridgehead atoms. The maximum atomic E-state index is 13.5. The average molecular weight is 661 g/mol. The van der Waals surface area contributed by atoms with Crippen LogP contribution in [0.2, 0.25) is 0 Å². The fraction of sp³-hybridized carbons (Fsp3) is 0.484. The first-order valence-corrected chi connectivity index (χ1v) is 15.0. The summed E-state index contributed by atoms with van der Waals surface area (Å²) >= 11 is 2.33. The van der Waals surface area contributed by atoms with E-state index in [9.17, 15) is 14.7 Å². The second-order valence-electron chi connectivity index (χ2n) is 12.4. The maximum Gasteiger partial charge on any atom is 0.408 e. The van der Waals surface area contributed by atoms with Gasteiger partial charge in [0.2, 0.25) is 0 Å². The van der Waals surface area contributed by atoms with Gasteiger partial charge in [0, 0.05) is 37.0 Å². The number of fused-ring (bicyclic) bond motifs is 1. The van der Waals surface area contributed by atoms with Crippen molar-refractivity contribution in [1.29, 1.82) is 0 Å². The second-order valence-corrected chi connectivity index (χ2v) is 13.5. The van der Waals surface area contributed by atoms with E-state index in [4.69, 9.17) is 4.74 Å². The number of hydrogen-bond acceptors (Lipinski definition) is 5. The first-order valence-electron chi connectivity index (χ1n) is 13.9. The number of ether oxygens (including phenoxy) is 1. The molecular weight excluding hydrogens is 619 g/mol. The highest BCUT2D eigenvalue weighted by Crippen LogP contribution is 2.33. The zero-order valence-corrected chi connectivity index (χ0v) is 26.2. The van der Waals surface area contributed by atoms with Crippen molar-refractivity contribution >= 4 is 45.5 Å². The molecule has 4 N–H and O–H groups in total. The monoisotopic (exact) mass is 660 g/mol. The van der Waals surface area contributed by atoms with Gasteiger partial charge >= 0.3 is 6.09 Å². The molecule has 216 valence electrons. The van der Waals surface area contributed by atoms with E-state index in [1.807, 2.05) is 12.1 Å². The van der Waals surface area contributed by atoms with Crippen molar-refractivity contribution in [2.24, 2.45) is 5.41 Å². The maximum absolute atomic E-state index is 13.5. The van der Waals surface area contributed by atoms with Gasteiger partial charge in [-0.1, -0.05) is 44.2 Å². The Labute approximate surface area is 250 Å². The van der Waals surface area contributed by atoms with Gasteiger partial charge in [-0.3, -0.25) is 9.80 Å². The third-order valence-electron chi connectivity index (χ3n) is 7.00. The van der Waals surface area contributed by atoms with Crippen molar-refractivity contribution in [2.75, 3.05) is 19.7 Å². The van der Waals surface area contributed by atoms with Gasteiger partial charge in [-0.2, -0.15) is 0 Å². The Bertz CT molecular complexity index is 1360. The predicted molar refractivity (Wildman–Crippen MR) is 167 cm³/mol. The molecule has 4 rings (SSSR count). The van der Waals surface area contributed by atoms with E-state index in [-0.39, 0.29) is 17.9 Å². The van der Waals surface area contributed by atoms with E-state index in [1.165, 1.54) is 5.56 Å². The van der Waals surface area contributed by atoms with Crippen LogP contribution < -0.4 is 10.7 Å². The molecule has 1 aliphatic heterocycles. The number of aliphatic hydroxyl groups is 1. The number of carbonyl (C=O) groups is 2. The van der Waals surface area contributed by atoms with E-state index in [0.29, 0.717) is 13.0 Å². The number of aromatic nitrogens is 1. The molecule has 0 unspecified atom stereocenters. The third kappa shape index (κ3) is 7.76. The van der Waals surface area contributed by atoms with Crippen molar-refractivity contribution in [3.8, 4) is 11.1 Å². The Balaban J connectivity index is 1.61. The normalized spacial score (nSPS) is 15.2. The standard InChI is InChI=1S/C31H41IN4O4/c1-30(2,3)40-29(39)35-26(28(38)36-14-7-6-13-33-36)16-20-9-8-10-21(15-20)22-11-12-25-23(17-22)24(27(32)34-25)18-31(4,5)19-37/h8-12,15,17,26,33-34,37H,6-7,13-14,16,18-19H2,1-5H3,(H,35,39)/t26-/m0/s1. The first-order chi connectivity index (χ1) is 18.8. The highest BCUT2D eigenvalue weighted by molar-refractivity contribution is 14.1. The average Bonchev–Trinajstić information content (AvgIpc) is 3.21. The quantitative estimate of drug-likeness (QED) is 0.237. The molecule has 1 atom stereocenters. The molecule has 1 fully saturated rings. The predicted octanol–water partition coefficient (Wildman–Crippen LogP) is 5.56. The number of rotatable bonds is 8. The molecule has 8 nitrogen and oxygen atoms in total. The highest BCUT2D eigenvalue weighted by Gasteiger charge is 2.29. The fourth-order valence-electron chi connectivity index (χ4n) is 4.93. The van der Waals surface area contributed by atoms with E-state index in [0.717, 1.165) is 57.1 Å². The first kappa shape index (κ1) is 30.3. The summed E-state index contributed by atoms with van der Waals surface area (Å²) in [5.41, 5.74) is 7.57. The Morgan fingerprint density at radius 2 is 1.85 bits per heavy atom. The van der Waals surface area contributed by atoms with E-state index < -0.39 is 17.7 Å². The van der Waals surface area contributed by atoms with Crippen LogP contribution in [-0.4, -0.2) is 58.4 Å². The van der Waals surface area contributed by atoms with Gasteiger partial charge < -0.3 is 20.1 Å². The largest absolute Gasteiger partial charge is 0.444 e. The lowest BCUT2D eigenvalue weighted by molar-refractivity contribution is -0.137. The number of alkyl carbamates (subject to hydrolysis) is 1. The Kier molecular flexibility index (Phi) is 9.47. The fourth-order valence-corrected chi connectivity index (χ4v) is 5.70. The lowest BCUT2D eigenvalue weighted by atomic mass is 9.86. The molecule has 2 amide bonds. The Hall–Kier alpha value is -2.63. The second kappa shape index (κ2) is 12.5. The number of carbonyl (C=O) groups excluding carboxylic acids is 2. The number of hydrazine groups is 1. The van der Waals surface area contributed by atoms with Crippen LogP contribution in [0.15, 0.2) is 42.5 Å². The van der Waals surface area contributed by atoms with Gasteiger partial charge in [-0.05, 0) is 102 Å². The summed E-state index contributed by atoms with van der Waals surface area (Å²) in [6, 6.07) is 13.7. The Morgan fingerprint density at radius 1 is 1.10 bits per heavy atom. The van der Waals surface area contributed by atoms with Crippen LogP contribution >= 0.6 is 22.6 Å². The minimum Gasteiger partial charge on any atom is -0.444 e. The summed E-state index contributed by atoms with van der Waals surface area (Å²) in [6.45, 7) is 11.0. The molecular formula is C31H41IN4O4. The van der Waals surface area contributed by atoms with E-state index in [2.05, 4.69) is 82.5 Å². The summed E-state index contributed by atoms with van der Waals surface area (Å²) in [5.74, 6) is -0.171. The molecule has 9 heteroatoms. The van der Waals surface area contributed by atoms with Crippen LogP contribution in [0.4, 0.5) is 4.79 Å². The van der Waals surface area contributed by atoms with Crippen LogP contribution in [0.5, 0.6) is 0 Å². The van der Waals surface area contributed by atoms with Gasteiger partial charge in [0.05, 0.1) is 3.70 Å². The van der Waals surface area contributed by atoms with Crippen LogP contribution in [0.25, 0.3) is 22.0 Å². The summed E-state index contributed by atoms with van der Waals surface area (Å²) in [6.07, 6.45) is 2.43. The number of aromatic amines is 1. The summed E-state index contributed by atoms with van der Waals surface area (Å²) in [5, 5.41) is 15.4. The van der Waals surface area contributed by atoms with Crippen molar-refractivity contribution < 1.29 is 19.4 Å². The van der Waals surface area contributed by atoms with Crippen molar-refractivity contribution in [1.82, 2.24) is 20.7 Å². The van der Waals surface area contributed by atoms with Gasteiger partial charge in [-0.15, -0.1) is 0 Å². The van der Waals surface area contributed by atoms with Crippen LogP contribution in [-0.2, 0) is 22.4 Å². The number of halogens is 1. The van der Waals surface area contributed by atoms with Crippen LogP contribution in [0, 0.1) is 9.12 Å². The van der Waals surface area contributed by atoms with Crippen LogP contribution in [0.3, 0.4) is 0 Å². The zero-order valence-electron chi connectivity index (χ0n) is 24.1. The minimum absolute atomic E-state index is 0.113. The number of H-pyrrole nitrogens is 1. The SMILES string of the molecule is CC(C)(CO)Cc1c(I)[nH]c2ccc(-c3cccc(C[C@H](NC(=O)OC(C)(C)C)C(=O)N4CCCCN4)c3)cc12. The molecule has 40 heavy (non-hydrogen) atoms. The lowest BCUT2D eigenvalue weighted by Gasteiger charge is -2.31. The highest BCUT2D eigenvalue weighted by atomic mass is 127. The molecule has 0 aliphatic carbocycles. The molecule has 0 spiro atoms. The number of nitrogens with zero attached hydrogens (tertiary/aromatic N) is 1. The van der Waals surface area contributed by atoms with Crippen molar-refractivity contribution in [3.05, 3.63) is 57.3 Å². The summed E-state index contributed by atoms with van der Waals surface area (Å²) < 4.78 is 6.56. The van der Waals surface area contributed by atoms with E-state index >= 15 is 0 Å². The molecule has 0 radical (unpaired) electrons. The van der Waals surface area contributed by atoms with Gasteiger partial charge in [0.25, 0.3) is 5.91 Å². The van der Waals surface area contributed by atoms with Crippen molar-refractivity contribution in [2.45, 2.75) is 71.9 Å². The molecule has 1 aromatic heterocycles. The molecule has 1 aliphatic rings. The Morgan fingerprint density at radius 3 is 2.52 bits per heavy atom. The molecule has 3 aromatic rings. The van der Waals surface area contributed by atoms with E-state index in [1.54, 1.807) is 25.8 Å². The van der Waals surface area contributed by atoms with Gasteiger partial charge in [0.1, 0.15) is 11.6 Å². The van der Waals surface area contributed by atoms with Crippen LogP contribution in [0.1, 0.15) is 58.6 Å². The molecule has 1 saturated heterocycles. The number of benzene rings is 2. The summed E-state index contributed by atoms with van der Waals surface area (Å²) in [4.78, 5) is 29.6. The van der Waals surface area contributed by atoms with Crippen molar-refractivity contribution in [3.63, 3.8) is 0 Å². The number of hydrogen-bond donors (Lipinski definition) is 4. The van der Waals surface area contributed by atoms with Gasteiger partial charge in [0.15, 0.2) is 0 Å². The number of amides is 2. The zero-order chi connectivity index (χ0) is 29.1. The minimum atomic E-state index is -0.767. The smallest absolute Gasteiger partial charge is 0.408 e. The lowest BCUT2D eigenvalue weighted by Crippen LogP contribution is -2.56. The third-order valence-corrected chi connectivity index (χ3v) is 7.92.